The van der Waals surface area contributed by atoms with Crippen LogP contribution in [0.2, 0.25) is 5.02 Å². The van der Waals surface area contributed by atoms with Crippen LogP contribution in [-0.2, 0) is 10.0 Å². The topological polar surface area (TPSA) is 73.9 Å². The maximum absolute atomic E-state index is 12.5. The highest BCUT2D eigenvalue weighted by Crippen LogP contribution is 2.28. The maximum Gasteiger partial charge on any atom is 0.244 e. The second-order valence-electron chi connectivity index (χ2n) is 5.17. The molecule has 2 aromatic carbocycles. The van der Waals surface area contributed by atoms with E-state index in [1.54, 1.807) is 30.3 Å². The van der Waals surface area contributed by atoms with Crippen LogP contribution in [-0.4, -0.2) is 35.8 Å². The van der Waals surface area contributed by atoms with Gasteiger partial charge in [0.2, 0.25) is 10.0 Å². The Morgan fingerprint density at radius 1 is 1.04 bits per heavy atom. The van der Waals surface area contributed by atoms with E-state index in [4.69, 9.17) is 25.8 Å². The normalized spacial score (nSPS) is 11.2. The molecule has 136 valence electrons. The number of nitrogens with one attached hydrogen (secondary N) is 1. The Bertz CT molecular complexity index is 839. The van der Waals surface area contributed by atoms with Gasteiger partial charge in [-0.05, 0) is 42.8 Å². The molecule has 0 spiro atoms. The average Bonchev–Trinajstić information content (AvgIpc) is 2.61. The van der Waals surface area contributed by atoms with E-state index in [0.717, 1.165) is 5.56 Å². The minimum atomic E-state index is -3.76. The van der Waals surface area contributed by atoms with Crippen molar-refractivity contribution in [1.82, 2.24) is 4.72 Å². The maximum atomic E-state index is 12.5. The van der Waals surface area contributed by atoms with Gasteiger partial charge in [-0.25, -0.2) is 13.1 Å². The molecule has 2 rings (SSSR count). The molecule has 0 unspecified atom stereocenters. The number of sulfonamides is 1. The monoisotopic (exact) mass is 385 g/mol. The number of aryl methyl sites for hydroxylation is 1. The molecular formula is C17H20ClNO5S. The molecule has 0 amide bonds. The third-order valence-electron chi connectivity index (χ3n) is 3.45. The number of benzene rings is 2. The second-order valence-corrected chi connectivity index (χ2v) is 7.32. The molecule has 1 N–H and O–H groups in total. The summed E-state index contributed by atoms with van der Waals surface area (Å²) in [6, 6.07) is 9.84. The van der Waals surface area contributed by atoms with Gasteiger partial charge in [0.15, 0.2) is 0 Å². The Kier molecular flexibility index (Phi) is 6.52. The van der Waals surface area contributed by atoms with Crippen molar-refractivity contribution in [3.05, 3.63) is 47.0 Å². The molecule has 0 aliphatic rings. The lowest BCUT2D eigenvalue weighted by Crippen LogP contribution is -2.28. The fraction of sp³-hybridized carbons (Fsp3) is 0.294. The van der Waals surface area contributed by atoms with Crippen LogP contribution in [0.1, 0.15) is 5.56 Å². The molecule has 0 fully saturated rings. The smallest absolute Gasteiger partial charge is 0.244 e. The van der Waals surface area contributed by atoms with E-state index in [1.165, 1.54) is 20.3 Å². The second kappa shape index (κ2) is 8.42. The van der Waals surface area contributed by atoms with E-state index >= 15 is 0 Å². The van der Waals surface area contributed by atoms with Crippen LogP contribution in [0.5, 0.6) is 17.2 Å². The predicted molar refractivity (Wildman–Crippen MR) is 96.4 cm³/mol. The van der Waals surface area contributed by atoms with Gasteiger partial charge in [0.1, 0.15) is 28.8 Å². The van der Waals surface area contributed by atoms with Gasteiger partial charge in [-0.15, -0.1) is 0 Å². The third-order valence-corrected chi connectivity index (χ3v) is 5.36. The Balaban J connectivity index is 2.00. The van der Waals surface area contributed by atoms with Crippen molar-refractivity contribution in [2.45, 2.75) is 11.8 Å². The van der Waals surface area contributed by atoms with Gasteiger partial charge in [0.05, 0.1) is 14.2 Å². The van der Waals surface area contributed by atoms with E-state index in [-0.39, 0.29) is 23.8 Å². The fourth-order valence-electron chi connectivity index (χ4n) is 2.12. The zero-order valence-electron chi connectivity index (χ0n) is 14.2. The summed E-state index contributed by atoms with van der Waals surface area (Å²) in [7, 11) is -0.886. The SMILES string of the molecule is COc1ccc(OC)c(S(=O)(=O)NCCOc2ccc(Cl)c(C)c2)c1. The van der Waals surface area contributed by atoms with E-state index in [2.05, 4.69) is 4.72 Å². The number of ether oxygens (including phenoxy) is 3. The summed E-state index contributed by atoms with van der Waals surface area (Å²) in [6.45, 7) is 2.14. The van der Waals surface area contributed by atoms with Crippen LogP contribution < -0.4 is 18.9 Å². The Morgan fingerprint density at radius 2 is 1.76 bits per heavy atom. The van der Waals surface area contributed by atoms with E-state index < -0.39 is 10.0 Å². The van der Waals surface area contributed by atoms with Crippen molar-refractivity contribution in [2.75, 3.05) is 27.4 Å². The zero-order chi connectivity index (χ0) is 18.4. The molecule has 6 nitrogen and oxygen atoms in total. The van der Waals surface area contributed by atoms with Gasteiger partial charge in [-0.2, -0.15) is 0 Å². The van der Waals surface area contributed by atoms with Crippen LogP contribution in [0.25, 0.3) is 0 Å². The van der Waals surface area contributed by atoms with Gasteiger partial charge in [-0.3, -0.25) is 0 Å². The Labute approximate surface area is 152 Å². The van der Waals surface area contributed by atoms with E-state index in [0.29, 0.717) is 16.5 Å². The van der Waals surface area contributed by atoms with Gasteiger partial charge < -0.3 is 14.2 Å². The molecular weight excluding hydrogens is 366 g/mol. The van der Waals surface area contributed by atoms with Crippen LogP contribution in [0, 0.1) is 6.92 Å². The number of methoxy groups -OCH3 is 2. The quantitative estimate of drug-likeness (QED) is 0.707. The third kappa shape index (κ3) is 5.01. The number of rotatable bonds is 8. The fourth-order valence-corrected chi connectivity index (χ4v) is 3.44. The van der Waals surface area contributed by atoms with Gasteiger partial charge >= 0.3 is 0 Å². The van der Waals surface area contributed by atoms with Crippen LogP contribution in [0.3, 0.4) is 0 Å². The van der Waals surface area contributed by atoms with Gasteiger partial charge in [0, 0.05) is 17.6 Å². The predicted octanol–water partition coefficient (Wildman–Crippen LogP) is 3.02. The first kappa shape index (κ1) is 19.4. The lowest BCUT2D eigenvalue weighted by Gasteiger charge is -2.13. The summed E-state index contributed by atoms with van der Waals surface area (Å²) in [5.74, 6) is 1.29. The Morgan fingerprint density at radius 3 is 2.40 bits per heavy atom. The van der Waals surface area contributed by atoms with Crippen molar-refractivity contribution >= 4 is 21.6 Å². The largest absolute Gasteiger partial charge is 0.497 e. The van der Waals surface area contributed by atoms with E-state index in [1.807, 2.05) is 6.92 Å². The van der Waals surface area contributed by atoms with Gasteiger partial charge in [-0.1, -0.05) is 11.6 Å². The minimum Gasteiger partial charge on any atom is -0.497 e. The molecule has 0 bridgehead atoms. The lowest BCUT2D eigenvalue weighted by atomic mass is 10.2. The molecule has 0 saturated heterocycles. The molecule has 0 aromatic heterocycles. The molecule has 0 aliphatic heterocycles. The summed E-state index contributed by atoms with van der Waals surface area (Å²) < 4.78 is 43.1. The zero-order valence-corrected chi connectivity index (χ0v) is 15.8. The standard InChI is InChI=1S/C17H20ClNO5S/c1-12-10-14(4-6-15(12)18)24-9-8-19-25(20,21)17-11-13(22-2)5-7-16(17)23-3/h4-7,10-11,19H,8-9H2,1-3H3. The molecule has 0 radical (unpaired) electrons. The molecule has 0 aliphatic carbocycles. The molecule has 8 heteroatoms. The molecule has 0 atom stereocenters. The van der Waals surface area contributed by atoms with Crippen molar-refractivity contribution in [3.63, 3.8) is 0 Å². The van der Waals surface area contributed by atoms with Crippen molar-refractivity contribution < 1.29 is 22.6 Å². The summed E-state index contributed by atoms with van der Waals surface area (Å²) in [4.78, 5) is 0.0108. The van der Waals surface area contributed by atoms with Crippen molar-refractivity contribution in [1.29, 1.82) is 0 Å². The van der Waals surface area contributed by atoms with Crippen molar-refractivity contribution in [2.24, 2.45) is 0 Å². The minimum absolute atomic E-state index is 0.0108. The van der Waals surface area contributed by atoms with Crippen LogP contribution >= 0.6 is 11.6 Å². The highest BCUT2D eigenvalue weighted by molar-refractivity contribution is 7.89. The summed E-state index contributed by atoms with van der Waals surface area (Å²) in [5.41, 5.74) is 0.890. The summed E-state index contributed by atoms with van der Waals surface area (Å²) in [6.07, 6.45) is 0. The molecule has 2 aromatic rings. The number of hydrogen-bond acceptors (Lipinski definition) is 5. The van der Waals surface area contributed by atoms with E-state index in [9.17, 15) is 8.42 Å². The van der Waals surface area contributed by atoms with Crippen LogP contribution in [0.15, 0.2) is 41.3 Å². The molecule has 25 heavy (non-hydrogen) atoms. The summed E-state index contributed by atoms with van der Waals surface area (Å²) >= 11 is 5.95. The first-order chi connectivity index (χ1) is 11.9. The molecule has 0 saturated carbocycles. The average molecular weight is 386 g/mol. The summed E-state index contributed by atoms with van der Waals surface area (Å²) in [5, 5.41) is 0.651. The highest BCUT2D eigenvalue weighted by Gasteiger charge is 2.20. The first-order valence-electron chi connectivity index (χ1n) is 7.48. The first-order valence-corrected chi connectivity index (χ1v) is 9.34. The number of halogens is 1. The highest BCUT2D eigenvalue weighted by atomic mass is 35.5. The molecule has 0 heterocycles. The van der Waals surface area contributed by atoms with Gasteiger partial charge in [0.25, 0.3) is 0 Å². The van der Waals surface area contributed by atoms with Crippen LogP contribution in [0.4, 0.5) is 0 Å². The Hall–Kier alpha value is -1.96. The number of hydrogen-bond donors (Lipinski definition) is 1. The van der Waals surface area contributed by atoms with Crippen molar-refractivity contribution in [3.8, 4) is 17.2 Å². The lowest BCUT2D eigenvalue weighted by molar-refractivity contribution is 0.322.